The Morgan fingerprint density at radius 1 is 1.32 bits per heavy atom. The van der Waals surface area contributed by atoms with Gasteiger partial charge in [-0.15, -0.1) is 0 Å². The monoisotopic (exact) mass is 286 g/mol. The normalized spacial score (nSPS) is 12.8. The van der Waals surface area contributed by atoms with Crippen LogP contribution in [0.3, 0.4) is 0 Å². The number of hydrogen-bond acceptors (Lipinski definition) is 4. The second-order valence-corrected chi connectivity index (χ2v) is 10.3. The minimum Gasteiger partial charge on any atom is -0.520 e. The van der Waals surface area contributed by atoms with E-state index < -0.39 is 13.7 Å². The highest BCUT2D eigenvalue weighted by molar-refractivity contribution is 6.69. The van der Waals surface area contributed by atoms with Gasteiger partial charge < -0.3 is 13.9 Å². The fourth-order valence-electron chi connectivity index (χ4n) is 1.22. The van der Waals surface area contributed by atoms with Crippen molar-refractivity contribution < 1.29 is 18.7 Å². The van der Waals surface area contributed by atoms with Crippen molar-refractivity contribution in [1.29, 1.82) is 0 Å². The van der Waals surface area contributed by atoms with Gasteiger partial charge in [0, 0.05) is 0 Å². The van der Waals surface area contributed by atoms with E-state index in [9.17, 15) is 4.79 Å². The lowest BCUT2D eigenvalue weighted by molar-refractivity contribution is -0.152. The maximum atomic E-state index is 11.8. The van der Waals surface area contributed by atoms with E-state index in [0.29, 0.717) is 12.4 Å². The summed E-state index contributed by atoms with van der Waals surface area (Å²) in [4.78, 5) is 11.8. The molecule has 0 aliphatic rings. The predicted molar refractivity (Wildman–Crippen MR) is 79.1 cm³/mol. The van der Waals surface area contributed by atoms with Crippen LogP contribution in [0.15, 0.2) is 24.7 Å². The first-order chi connectivity index (χ1) is 8.62. The van der Waals surface area contributed by atoms with Gasteiger partial charge in [0.05, 0.1) is 12.5 Å². The van der Waals surface area contributed by atoms with Gasteiger partial charge in [-0.05, 0) is 46.0 Å². The molecular formula is C14H26O4Si. The molecule has 5 heteroatoms. The molecule has 0 saturated carbocycles. The Labute approximate surface area is 117 Å². The number of ether oxygens (including phenoxy) is 2. The Hall–Kier alpha value is -1.23. The summed E-state index contributed by atoms with van der Waals surface area (Å²) >= 11 is 0. The maximum absolute atomic E-state index is 11.8. The second kappa shape index (κ2) is 7.38. The summed E-state index contributed by atoms with van der Waals surface area (Å²) in [5.74, 6) is 0.218. The molecule has 0 bridgehead atoms. The van der Waals surface area contributed by atoms with Gasteiger partial charge in [0.1, 0.15) is 6.61 Å². The highest BCUT2D eigenvalue weighted by Gasteiger charge is 2.29. The molecule has 0 fully saturated rings. The zero-order valence-electron chi connectivity index (χ0n) is 12.9. The molecule has 0 radical (unpaired) electrons. The van der Waals surface area contributed by atoms with Crippen molar-refractivity contribution in [2.45, 2.75) is 39.9 Å². The summed E-state index contributed by atoms with van der Waals surface area (Å²) in [7, 11) is -0.144. The number of carbonyl (C=O) groups excluding carboxylic acids is 1. The first-order valence-corrected chi connectivity index (χ1v) is 9.74. The maximum Gasteiger partial charge on any atom is 0.312 e. The van der Waals surface area contributed by atoms with E-state index in [-0.39, 0.29) is 12.6 Å². The quantitative estimate of drug-likeness (QED) is 0.297. The van der Waals surface area contributed by atoms with Crippen LogP contribution in [-0.2, 0) is 18.7 Å². The lowest BCUT2D eigenvalue weighted by Gasteiger charge is -2.23. The minimum absolute atomic E-state index is 0.231. The van der Waals surface area contributed by atoms with Crippen LogP contribution in [0.5, 0.6) is 0 Å². The van der Waals surface area contributed by atoms with Crippen molar-refractivity contribution in [3.05, 3.63) is 24.7 Å². The van der Waals surface area contributed by atoms with E-state index >= 15 is 0 Å². The second-order valence-electron chi connectivity index (χ2n) is 5.92. The van der Waals surface area contributed by atoms with Crippen molar-refractivity contribution in [2.24, 2.45) is 5.41 Å². The van der Waals surface area contributed by atoms with Gasteiger partial charge in [-0.3, -0.25) is 4.79 Å². The van der Waals surface area contributed by atoms with Crippen LogP contribution < -0.4 is 0 Å². The van der Waals surface area contributed by atoms with Crippen molar-refractivity contribution in [3.63, 3.8) is 0 Å². The molecule has 19 heavy (non-hydrogen) atoms. The van der Waals surface area contributed by atoms with Crippen molar-refractivity contribution in [1.82, 2.24) is 0 Å². The Kier molecular flexibility index (Phi) is 6.90. The number of methoxy groups -OCH3 is 1. The van der Waals surface area contributed by atoms with Crippen LogP contribution >= 0.6 is 0 Å². The first-order valence-electron chi connectivity index (χ1n) is 6.33. The molecule has 0 aromatic heterocycles. The Morgan fingerprint density at radius 3 is 2.32 bits per heavy atom. The Morgan fingerprint density at radius 2 is 1.89 bits per heavy atom. The summed E-state index contributed by atoms with van der Waals surface area (Å²) in [5.41, 5.74) is -0.615. The number of carbonyl (C=O) groups is 1. The third-order valence-electron chi connectivity index (χ3n) is 2.27. The van der Waals surface area contributed by atoms with Gasteiger partial charge in [0.25, 0.3) is 5.95 Å². The lowest BCUT2D eigenvalue weighted by Crippen LogP contribution is -2.28. The molecule has 0 saturated heterocycles. The Balaban J connectivity index is 4.62. The van der Waals surface area contributed by atoms with Crippen molar-refractivity contribution >= 4 is 14.3 Å². The standard InChI is InChI=1S/C14H26O4Si/c1-8-11-17-13(15)14(2,3)10-9-12(16-4)18-19(5,6)7/h8-9H,1,10-11H2,2-7H3/b12-9+. The SMILES string of the molecule is C=CCOC(=O)C(C)(C)C/C=C(\OC)O[Si](C)(C)C. The smallest absolute Gasteiger partial charge is 0.312 e. The fraction of sp³-hybridized carbons (Fsp3) is 0.643. The zero-order chi connectivity index (χ0) is 15.1. The van der Waals surface area contributed by atoms with E-state index in [1.807, 2.05) is 13.8 Å². The van der Waals surface area contributed by atoms with Crippen LogP contribution in [0.1, 0.15) is 20.3 Å². The highest BCUT2D eigenvalue weighted by atomic mass is 28.4. The summed E-state index contributed by atoms with van der Waals surface area (Å²) in [6.07, 6.45) is 3.85. The van der Waals surface area contributed by atoms with Crippen molar-refractivity contribution in [3.8, 4) is 0 Å². The molecule has 0 heterocycles. The third kappa shape index (κ3) is 7.72. The third-order valence-corrected chi connectivity index (χ3v) is 3.09. The number of esters is 1. The van der Waals surface area contributed by atoms with E-state index in [2.05, 4.69) is 26.2 Å². The predicted octanol–water partition coefficient (Wildman–Crippen LogP) is 3.47. The molecule has 0 amide bonds. The molecule has 0 aliphatic carbocycles. The summed E-state index contributed by atoms with van der Waals surface area (Å²) in [5, 5.41) is 0. The highest BCUT2D eigenvalue weighted by Crippen LogP contribution is 2.24. The van der Waals surface area contributed by atoms with Gasteiger partial charge in [-0.2, -0.15) is 0 Å². The Bertz CT molecular complexity index is 340. The lowest BCUT2D eigenvalue weighted by atomic mass is 9.89. The zero-order valence-corrected chi connectivity index (χ0v) is 13.9. The molecule has 0 aromatic rings. The molecule has 110 valence electrons. The van der Waals surface area contributed by atoms with Crippen LogP contribution in [0.2, 0.25) is 19.6 Å². The average Bonchev–Trinajstić information content (AvgIpc) is 2.29. The number of hydrogen-bond donors (Lipinski definition) is 0. The largest absolute Gasteiger partial charge is 0.520 e. The van der Waals surface area contributed by atoms with E-state index in [1.165, 1.54) is 0 Å². The van der Waals surface area contributed by atoms with E-state index in [0.717, 1.165) is 0 Å². The van der Waals surface area contributed by atoms with Gasteiger partial charge in [-0.1, -0.05) is 12.7 Å². The molecule has 0 rings (SSSR count). The molecule has 0 unspecified atom stereocenters. The van der Waals surface area contributed by atoms with Crippen LogP contribution in [0.25, 0.3) is 0 Å². The molecule has 0 aromatic carbocycles. The summed E-state index contributed by atoms with van der Waals surface area (Å²) in [6.45, 7) is 13.6. The topological polar surface area (TPSA) is 44.8 Å². The van der Waals surface area contributed by atoms with Crippen LogP contribution in [-0.4, -0.2) is 28.0 Å². The molecule has 4 nitrogen and oxygen atoms in total. The van der Waals surface area contributed by atoms with Gasteiger partial charge in [0.2, 0.25) is 8.32 Å². The average molecular weight is 286 g/mol. The first kappa shape index (κ1) is 17.8. The molecule has 0 spiro atoms. The van der Waals surface area contributed by atoms with Gasteiger partial charge >= 0.3 is 5.97 Å². The van der Waals surface area contributed by atoms with Crippen LogP contribution in [0.4, 0.5) is 0 Å². The van der Waals surface area contributed by atoms with Crippen LogP contribution in [0, 0.1) is 5.41 Å². The van der Waals surface area contributed by atoms with E-state index in [1.54, 1.807) is 19.3 Å². The minimum atomic E-state index is -1.71. The summed E-state index contributed by atoms with van der Waals surface area (Å²) in [6, 6.07) is 0. The van der Waals surface area contributed by atoms with Crippen molar-refractivity contribution in [2.75, 3.05) is 13.7 Å². The summed E-state index contributed by atoms with van der Waals surface area (Å²) < 4.78 is 16.0. The molecular weight excluding hydrogens is 260 g/mol. The molecule has 0 N–H and O–H groups in total. The molecule has 0 aliphatic heterocycles. The molecule has 0 atom stereocenters. The number of allylic oxidation sites excluding steroid dienone is 1. The van der Waals surface area contributed by atoms with Gasteiger partial charge in [-0.25, -0.2) is 0 Å². The van der Waals surface area contributed by atoms with Gasteiger partial charge in [0.15, 0.2) is 0 Å². The fourth-order valence-corrected chi connectivity index (χ4v) is 1.99. The van der Waals surface area contributed by atoms with E-state index in [4.69, 9.17) is 13.9 Å². The number of rotatable bonds is 8.